The maximum absolute atomic E-state index is 12.5. The quantitative estimate of drug-likeness (QED) is 0.832. The number of hydrazine groups is 1. The maximum Gasteiger partial charge on any atom is 0.435 e. The van der Waals surface area contributed by atoms with Crippen molar-refractivity contribution < 1.29 is 33.7 Å². The van der Waals surface area contributed by atoms with Gasteiger partial charge in [-0.2, -0.15) is 10.0 Å². The second kappa shape index (κ2) is 7.94. The number of aliphatic carboxylic acids is 1. The Hall–Kier alpha value is -3.30. The minimum atomic E-state index is -2.09. The van der Waals surface area contributed by atoms with Crippen LogP contribution in [0.25, 0.3) is 0 Å². The fraction of sp³-hybridized carbons (Fsp3) is 0.412. The van der Waals surface area contributed by atoms with Crippen LogP contribution in [0.5, 0.6) is 5.75 Å². The molecule has 146 valence electrons. The van der Waals surface area contributed by atoms with Crippen LogP contribution in [0, 0.1) is 0 Å². The number of hydrogen-bond donors (Lipinski definition) is 1. The molecule has 0 bridgehead atoms. The van der Waals surface area contributed by atoms with Gasteiger partial charge in [-0.3, -0.25) is 0 Å². The number of ether oxygens (including phenoxy) is 3. The summed E-state index contributed by atoms with van der Waals surface area (Å²) in [5, 5.41) is 11.1. The number of rotatable bonds is 5. The minimum absolute atomic E-state index is 0.0143. The molecular weight excluding hydrogens is 358 g/mol. The third kappa shape index (κ3) is 3.64. The van der Waals surface area contributed by atoms with Gasteiger partial charge in [0, 0.05) is 5.56 Å². The number of aliphatic imine (C=N–C) groups is 1. The van der Waals surface area contributed by atoms with Crippen LogP contribution in [-0.2, 0) is 14.3 Å². The van der Waals surface area contributed by atoms with E-state index in [1.807, 2.05) is 0 Å². The van der Waals surface area contributed by atoms with E-state index in [-0.39, 0.29) is 19.0 Å². The maximum atomic E-state index is 12.5. The molecule has 1 N–H and O–H groups in total. The number of carboxylic acids is 1. The van der Waals surface area contributed by atoms with Crippen LogP contribution in [0.15, 0.2) is 29.3 Å². The van der Waals surface area contributed by atoms with Crippen LogP contribution < -0.4 is 4.74 Å². The van der Waals surface area contributed by atoms with Gasteiger partial charge >= 0.3 is 18.2 Å². The Morgan fingerprint density at radius 1 is 1.07 bits per heavy atom. The molecule has 2 rings (SSSR count). The van der Waals surface area contributed by atoms with Gasteiger partial charge in [0.1, 0.15) is 5.75 Å². The summed E-state index contributed by atoms with van der Waals surface area (Å²) in [6, 6.07) is 6.40. The molecule has 1 aromatic carbocycles. The van der Waals surface area contributed by atoms with Gasteiger partial charge < -0.3 is 19.3 Å². The largest absolute Gasteiger partial charge is 0.497 e. The molecule has 0 saturated carbocycles. The van der Waals surface area contributed by atoms with Crippen molar-refractivity contribution in [3.8, 4) is 5.75 Å². The van der Waals surface area contributed by atoms with Crippen LogP contribution in [0.4, 0.5) is 9.59 Å². The van der Waals surface area contributed by atoms with E-state index in [0.717, 1.165) is 5.01 Å². The lowest BCUT2D eigenvalue weighted by molar-refractivity contribution is -0.152. The van der Waals surface area contributed by atoms with E-state index in [9.17, 15) is 19.5 Å². The van der Waals surface area contributed by atoms with Crippen LogP contribution in [-0.4, -0.2) is 65.1 Å². The molecule has 27 heavy (non-hydrogen) atoms. The predicted octanol–water partition coefficient (Wildman–Crippen LogP) is 2.09. The molecule has 0 aliphatic carbocycles. The van der Waals surface area contributed by atoms with E-state index in [1.165, 1.54) is 14.0 Å². The summed E-state index contributed by atoms with van der Waals surface area (Å²) in [4.78, 5) is 41.0. The van der Waals surface area contributed by atoms with Crippen LogP contribution in [0.1, 0.15) is 26.3 Å². The van der Waals surface area contributed by atoms with Crippen molar-refractivity contribution in [2.75, 3.05) is 20.3 Å². The zero-order chi connectivity index (χ0) is 20.2. The molecule has 0 spiro atoms. The Morgan fingerprint density at radius 2 is 1.63 bits per heavy atom. The summed E-state index contributed by atoms with van der Waals surface area (Å²) >= 11 is 0. The van der Waals surface area contributed by atoms with Gasteiger partial charge in [-0.15, -0.1) is 0 Å². The smallest absolute Gasteiger partial charge is 0.435 e. The first-order chi connectivity index (χ1) is 12.8. The lowest BCUT2D eigenvalue weighted by Gasteiger charge is -2.33. The van der Waals surface area contributed by atoms with E-state index in [0.29, 0.717) is 16.3 Å². The van der Waals surface area contributed by atoms with E-state index in [1.54, 1.807) is 38.1 Å². The summed E-state index contributed by atoms with van der Waals surface area (Å²) < 4.78 is 15.0. The highest BCUT2D eigenvalue weighted by molar-refractivity contribution is 6.10. The second-order valence-electron chi connectivity index (χ2n) is 5.51. The molecule has 2 amide bonds. The zero-order valence-electron chi connectivity index (χ0n) is 15.5. The normalized spacial score (nSPS) is 18.7. The Morgan fingerprint density at radius 3 is 2.11 bits per heavy atom. The van der Waals surface area contributed by atoms with Crippen molar-refractivity contribution in [3.05, 3.63) is 29.8 Å². The minimum Gasteiger partial charge on any atom is -0.497 e. The summed E-state index contributed by atoms with van der Waals surface area (Å²) in [6.07, 6.45) is -1.99. The molecule has 1 aliphatic rings. The van der Waals surface area contributed by atoms with Gasteiger partial charge in [0.25, 0.3) is 5.66 Å². The van der Waals surface area contributed by atoms with Gasteiger partial charge in [-0.05, 0) is 45.0 Å². The molecule has 0 saturated heterocycles. The van der Waals surface area contributed by atoms with Crippen molar-refractivity contribution in [3.63, 3.8) is 0 Å². The SMILES string of the molecule is CCOC(=O)N1C(c2ccc(OC)cc2)=NC(C)(C(=O)O)N1C(=O)OCC. The molecule has 1 aromatic rings. The Labute approximate surface area is 155 Å². The van der Waals surface area contributed by atoms with E-state index in [2.05, 4.69) is 4.99 Å². The molecule has 1 aliphatic heterocycles. The number of benzene rings is 1. The molecular formula is C17H21N3O7. The van der Waals surface area contributed by atoms with E-state index < -0.39 is 23.8 Å². The predicted molar refractivity (Wildman–Crippen MR) is 93.3 cm³/mol. The highest BCUT2D eigenvalue weighted by atomic mass is 16.6. The van der Waals surface area contributed by atoms with Crippen LogP contribution >= 0.6 is 0 Å². The number of amidine groups is 1. The Bertz CT molecular complexity index is 762. The fourth-order valence-electron chi connectivity index (χ4n) is 2.45. The molecule has 1 heterocycles. The first-order valence-corrected chi connectivity index (χ1v) is 8.21. The lowest BCUT2D eigenvalue weighted by atomic mass is 10.2. The fourth-order valence-corrected chi connectivity index (χ4v) is 2.45. The van der Waals surface area contributed by atoms with Gasteiger partial charge in [-0.1, -0.05) is 0 Å². The van der Waals surface area contributed by atoms with E-state index >= 15 is 0 Å². The average molecular weight is 379 g/mol. The van der Waals surface area contributed by atoms with Crippen molar-refractivity contribution in [2.24, 2.45) is 4.99 Å². The summed E-state index contributed by atoms with van der Waals surface area (Å²) in [6.45, 7) is 4.34. The van der Waals surface area contributed by atoms with Crippen molar-refractivity contribution >= 4 is 24.0 Å². The number of methoxy groups -OCH3 is 1. The van der Waals surface area contributed by atoms with Crippen molar-refractivity contribution in [1.82, 2.24) is 10.0 Å². The Balaban J connectivity index is 2.60. The lowest BCUT2D eigenvalue weighted by Crippen LogP contribution is -2.59. The molecule has 1 unspecified atom stereocenters. The molecule has 0 radical (unpaired) electrons. The van der Waals surface area contributed by atoms with Gasteiger partial charge in [0.2, 0.25) is 0 Å². The zero-order valence-corrected chi connectivity index (χ0v) is 15.5. The number of hydrogen-bond acceptors (Lipinski definition) is 7. The van der Waals surface area contributed by atoms with Crippen molar-refractivity contribution in [2.45, 2.75) is 26.4 Å². The highest BCUT2D eigenvalue weighted by Crippen LogP contribution is 2.32. The standard InChI is InChI=1S/C17H21N3O7/c1-5-26-15(23)19-13(11-7-9-12(25-4)10-8-11)18-17(3,14(21)22)20(19)16(24)27-6-2/h7-10H,5-6H2,1-4H3,(H,21,22). The van der Waals surface area contributed by atoms with Gasteiger partial charge in [-0.25, -0.2) is 19.4 Å². The first-order valence-electron chi connectivity index (χ1n) is 8.21. The second-order valence-corrected chi connectivity index (χ2v) is 5.51. The molecule has 1 atom stereocenters. The van der Waals surface area contributed by atoms with E-state index in [4.69, 9.17) is 14.2 Å². The van der Waals surface area contributed by atoms with Gasteiger partial charge in [0.15, 0.2) is 5.84 Å². The van der Waals surface area contributed by atoms with Crippen LogP contribution in [0.2, 0.25) is 0 Å². The topological polar surface area (TPSA) is 118 Å². The summed E-state index contributed by atoms with van der Waals surface area (Å²) in [5.41, 5.74) is -1.70. The van der Waals surface area contributed by atoms with Crippen LogP contribution in [0.3, 0.4) is 0 Å². The average Bonchev–Trinajstić information content (AvgIpc) is 2.97. The highest BCUT2D eigenvalue weighted by Gasteiger charge is 2.55. The third-order valence-corrected chi connectivity index (χ3v) is 3.77. The number of amides is 2. The summed E-state index contributed by atoms with van der Waals surface area (Å²) in [7, 11) is 1.50. The molecule has 0 aromatic heterocycles. The molecule has 0 fully saturated rings. The molecule has 10 heteroatoms. The number of nitrogens with zero attached hydrogens (tertiary/aromatic N) is 3. The number of carboxylic acid groups (broad SMARTS) is 1. The molecule has 10 nitrogen and oxygen atoms in total. The number of carbonyl (C=O) groups excluding carboxylic acids is 2. The number of carbonyl (C=O) groups is 3. The van der Waals surface area contributed by atoms with Gasteiger partial charge in [0.05, 0.1) is 20.3 Å². The van der Waals surface area contributed by atoms with Crippen molar-refractivity contribution in [1.29, 1.82) is 0 Å². The third-order valence-electron chi connectivity index (χ3n) is 3.77. The monoisotopic (exact) mass is 379 g/mol. The first kappa shape index (κ1) is 20.0. The Kier molecular flexibility index (Phi) is 5.88. The summed E-state index contributed by atoms with van der Waals surface area (Å²) in [5.74, 6) is -0.939.